The van der Waals surface area contributed by atoms with Gasteiger partial charge in [-0.2, -0.15) is 0 Å². The van der Waals surface area contributed by atoms with Crippen LogP contribution in [-0.4, -0.2) is 65.7 Å². The Morgan fingerprint density at radius 3 is 2.61 bits per heavy atom. The minimum Gasteiger partial charge on any atom is -0.493 e. The lowest BCUT2D eigenvalue weighted by Gasteiger charge is -2.37. The van der Waals surface area contributed by atoms with Crippen molar-refractivity contribution >= 4 is 5.91 Å². The molecule has 2 rings (SSSR count). The molecule has 128 valence electrons. The zero-order chi connectivity index (χ0) is 16.9. The second-order valence-electron chi connectivity index (χ2n) is 6.53. The lowest BCUT2D eigenvalue weighted by atomic mass is 10.1. The van der Waals surface area contributed by atoms with Gasteiger partial charge >= 0.3 is 0 Å². The second kappa shape index (κ2) is 7.75. The van der Waals surface area contributed by atoms with E-state index in [1.807, 2.05) is 4.90 Å². The highest BCUT2D eigenvalue weighted by molar-refractivity contribution is 5.76. The van der Waals surface area contributed by atoms with Crippen LogP contribution in [0.2, 0.25) is 0 Å². The maximum Gasteiger partial charge on any atom is 0.226 e. The van der Waals surface area contributed by atoms with Crippen molar-refractivity contribution in [3.05, 3.63) is 30.1 Å². The molecule has 1 aromatic rings. The lowest BCUT2D eigenvalue weighted by molar-refractivity contribution is -0.133. The molecule has 1 aromatic carbocycles. The van der Waals surface area contributed by atoms with E-state index in [4.69, 9.17) is 4.74 Å². The molecule has 1 aliphatic rings. The fraction of sp³-hybridized carbons (Fsp3) is 0.588. The number of nitrogens with zero attached hydrogens (tertiary/aromatic N) is 2. The normalized spacial score (nSPS) is 16.4. The number of carbonyl (C=O) groups is 1. The van der Waals surface area contributed by atoms with Crippen LogP contribution in [0, 0.1) is 5.82 Å². The van der Waals surface area contributed by atoms with Gasteiger partial charge in [0.05, 0.1) is 18.6 Å². The van der Waals surface area contributed by atoms with Crippen molar-refractivity contribution in [2.45, 2.75) is 25.9 Å². The predicted molar refractivity (Wildman–Crippen MR) is 85.8 cm³/mol. The standard InChI is InChI=1S/C17H25FN2O3/c1-17(2,22)13-19-7-9-20(10-8-19)16(21)6-11-23-15-5-3-4-14(18)12-15/h3-5,12,22H,6-11,13H2,1-2H3. The van der Waals surface area contributed by atoms with E-state index in [0.717, 1.165) is 13.1 Å². The summed E-state index contributed by atoms with van der Waals surface area (Å²) in [6.07, 6.45) is 0.280. The number of β-amino-alcohol motifs (C(OH)–C–C–N with tert-alkyl or cyclic N) is 1. The first-order chi connectivity index (χ1) is 10.8. The van der Waals surface area contributed by atoms with Crippen molar-refractivity contribution in [2.75, 3.05) is 39.3 Å². The highest BCUT2D eigenvalue weighted by atomic mass is 19.1. The topological polar surface area (TPSA) is 53.0 Å². The number of carbonyl (C=O) groups excluding carboxylic acids is 1. The van der Waals surface area contributed by atoms with Gasteiger partial charge in [-0.15, -0.1) is 0 Å². The SMILES string of the molecule is CC(C)(O)CN1CCN(C(=O)CCOc2cccc(F)c2)CC1. The molecule has 1 fully saturated rings. The first-order valence-electron chi connectivity index (χ1n) is 7.94. The van der Waals surface area contributed by atoms with Crippen molar-refractivity contribution < 1.29 is 19.0 Å². The van der Waals surface area contributed by atoms with Crippen LogP contribution in [0.4, 0.5) is 4.39 Å². The number of rotatable bonds is 6. The number of hydrogen-bond donors (Lipinski definition) is 1. The summed E-state index contributed by atoms with van der Waals surface area (Å²) in [6, 6.07) is 5.91. The van der Waals surface area contributed by atoms with Crippen molar-refractivity contribution in [3.63, 3.8) is 0 Å². The quantitative estimate of drug-likeness (QED) is 0.862. The molecule has 1 saturated heterocycles. The van der Waals surface area contributed by atoms with Gasteiger partial charge in [0, 0.05) is 38.8 Å². The third kappa shape index (κ3) is 6.15. The van der Waals surface area contributed by atoms with Crippen LogP contribution in [-0.2, 0) is 4.79 Å². The van der Waals surface area contributed by atoms with E-state index in [0.29, 0.717) is 25.4 Å². The summed E-state index contributed by atoms with van der Waals surface area (Å²) in [5.74, 6) is 0.133. The van der Waals surface area contributed by atoms with Gasteiger partial charge in [-0.3, -0.25) is 9.69 Å². The van der Waals surface area contributed by atoms with Crippen molar-refractivity contribution in [1.82, 2.24) is 9.80 Å². The summed E-state index contributed by atoms with van der Waals surface area (Å²) in [7, 11) is 0. The minimum atomic E-state index is -0.717. The Morgan fingerprint density at radius 1 is 1.30 bits per heavy atom. The molecule has 6 heteroatoms. The zero-order valence-electron chi connectivity index (χ0n) is 13.8. The maximum absolute atomic E-state index is 13.0. The Bertz CT molecular complexity index is 523. The molecule has 0 aromatic heterocycles. The number of ether oxygens (including phenoxy) is 1. The average Bonchev–Trinajstić information content (AvgIpc) is 2.46. The molecule has 5 nitrogen and oxygen atoms in total. The first kappa shape index (κ1) is 17.7. The summed E-state index contributed by atoms with van der Waals surface area (Å²) in [4.78, 5) is 16.1. The molecule has 23 heavy (non-hydrogen) atoms. The number of hydrogen-bond acceptors (Lipinski definition) is 4. The molecule has 0 radical (unpaired) electrons. The number of halogens is 1. The largest absolute Gasteiger partial charge is 0.493 e. The Kier molecular flexibility index (Phi) is 5.96. The molecule has 0 atom stereocenters. The molecule has 0 unspecified atom stereocenters. The number of amides is 1. The van der Waals surface area contributed by atoms with Crippen LogP contribution < -0.4 is 4.74 Å². The summed E-state index contributed by atoms with van der Waals surface area (Å²) in [5.41, 5.74) is -0.717. The first-order valence-corrected chi connectivity index (χ1v) is 7.94. The molecule has 1 heterocycles. The monoisotopic (exact) mass is 324 g/mol. The number of piperazine rings is 1. The molecule has 1 amide bonds. The molecular weight excluding hydrogens is 299 g/mol. The Hall–Kier alpha value is -1.66. The Balaban J connectivity index is 1.69. The lowest BCUT2D eigenvalue weighted by Crippen LogP contribution is -2.52. The molecular formula is C17H25FN2O3. The van der Waals surface area contributed by atoms with Gasteiger partial charge in [-0.25, -0.2) is 4.39 Å². The van der Waals surface area contributed by atoms with Crippen LogP contribution in [0.25, 0.3) is 0 Å². The highest BCUT2D eigenvalue weighted by Gasteiger charge is 2.24. The smallest absolute Gasteiger partial charge is 0.226 e. The fourth-order valence-corrected chi connectivity index (χ4v) is 2.67. The molecule has 0 bridgehead atoms. The third-order valence-corrected chi connectivity index (χ3v) is 3.72. The fourth-order valence-electron chi connectivity index (χ4n) is 2.67. The van der Waals surface area contributed by atoms with Crippen LogP contribution in [0.15, 0.2) is 24.3 Å². The van der Waals surface area contributed by atoms with E-state index in [9.17, 15) is 14.3 Å². The van der Waals surface area contributed by atoms with Gasteiger partial charge in [-0.05, 0) is 26.0 Å². The van der Waals surface area contributed by atoms with E-state index < -0.39 is 5.60 Å². The highest BCUT2D eigenvalue weighted by Crippen LogP contribution is 2.13. The maximum atomic E-state index is 13.0. The van der Waals surface area contributed by atoms with Crippen LogP contribution in [0.3, 0.4) is 0 Å². The summed E-state index contributed by atoms with van der Waals surface area (Å²) >= 11 is 0. The summed E-state index contributed by atoms with van der Waals surface area (Å²) in [5, 5.41) is 9.82. The van der Waals surface area contributed by atoms with Crippen LogP contribution >= 0.6 is 0 Å². The van der Waals surface area contributed by atoms with Gasteiger partial charge in [0.2, 0.25) is 5.91 Å². The summed E-state index contributed by atoms with van der Waals surface area (Å²) < 4.78 is 18.4. The van der Waals surface area contributed by atoms with Crippen molar-refractivity contribution in [3.8, 4) is 5.75 Å². The van der Waals surface area contributed by atoms with Gasteiger partial charge in [0.1, 0.15) is 11.6 Å². The average molecular weight is 324 g/mol. The van der Waals surface area contributed by atoms with Crippen LogP contribution in [0.5, 0.6) is 5.75 Å². The number of benzene rings is 1. The van der Waals surface area contributed by atoms with Crippen LogP contribution in [0.1, 0.15) is 20.3 Å². The second-order valence-corrected chi connectivity index (χ2v) is 6.53. The van der Waals surface area contributed by atoms with E-state index in [2.05, 4.69) is 4.90 Å². The molecule has 0 saturated carbocycles. The van der Waals surface area contributed by atoms with Gasteiger partial charge in [-0.1, -0.05) is 6.07 Å². The molecule has 0 aliphatic carbocycles. The van der Waals surface area contributed by atoms with E-state index in [1.165, 1.54) is 12.1 Å². The number of aliphatic hydroxyl groups is 1. The predicted octanol–water partition coefficient (Wildman–Crippen LogP) is 1.51. The van der Waals surface area contributed by atoms with E-state index >= 15 is 0 Å². The molecule has 0 spiro atoms. The van der Waals surface area contributed by atoms with Crippen molar-refractivity contribution in [1.29, 1.82) is 0 Å². The zero-order valence-corrected chi connectivity index (χ0v) is 13.8. The van der Waals surface area contributed by atoms with Gasteiger partial charge < -0.3 is 14.7 Å². The Morgan fingerprint density at radius 2 is 2.00 bits per heavy atom. The minimum absolute atomic E-state index is 0.0457. The van der Waals surface area contributed by atoms with E-state index in [1.54, 1.807) is 26.0 Å². The Labute approximate surface area is 136 Å². The third-order valence-electron chi connectivity index (χ3n) is 3.72. The summed E-state index contributed by atoms with van der Waals surface area (Å²) in [6.45, 7) is 7.27. The molecule has 1 aliphatic heterocycles. The molecule has 1 N–H and O–H groups in total. The van der Waals surface area contributed by atoms with Gasteiger partial charge in [0.15, 0.2) is 0 Å². The van der Waals surface area contributed by atoms with Crippen molar-refractivity contribution in [2.24, 2.45) is 0 Å². The van der Waals surface area contributed by atoms with E-state index in [-0.39, 0.29) is 24.8 Å². The van der Waals surface area contributed by atoms with Gasteiger partial charge in [0.25, 0.3) is 0 Å².